The van der Waals surface area contributed by atoms with Crippen molar-refractivity contribution in [3.8, 4) is 0 Å². The fourth-order valence-electron chi connectivity index (χ4n) is 3.44. The van der Waals surface area contributed by atoms with Crippen LogP contribution in [-0.2, 0) is 11.2 Å². The molecule has 1 heterocycles. The van der Waals surface area contributed by atoms with Crippen LogP contribution >= 0.6 is 0 Å². The van der Waals surface area contributed by atoms with Crippen molar-refractivity contribution < 1.29 is 14.7 Å². The van der Waals surface area contributed by atoms with E-state index in [0.717, 1.165) is 18.4 Å². The highest BCUT2D eigenvalue weighted by Gasteiger charge is 2.28. The fourth-order valence-corrected chi connectivity index (χ4v) is 3.44. The Hall–Kier alpha value is -3.14. The third-order valence-electron chi connectivity index (χ3n) is 5.13. The summed E-state index contributed by atoms with van der Waals surface area (Å²) in [5, 5.41) is 8.98. The van der Waals surface area contributed by atoms with Crippen molar-refractivity contribution in [1.82, 2.24) is 4.90 Å². The number of hydrogen-bond donors (Lipinski definition) is 1. The average Bonchev–Trinajstić information content (AvgIpc) is 3.06. The summed E-state index contributed by atoms with van der Waals surface area (Å²) in [6.07, 6.45) is 8.36. The summed E-state index contributed by atoms with van der Waals surface area (Å²) in [5.74, 6) is -0.745. The number of carboxylic acid groups (broad SMARTS) is 1. The lowest BCUT2D eigenvalue weighted by molar-refractivity contribution is -0.128. The molecular weight excluding hydrogens is 350 g/mol. The van der Waals surface area contributed by atoms with Crippen LogP contribution in [0.5, 0.6) is 0 Å². The van der Waals surface area contributed by atoms with Crippen LogP contribution in [0.4, 0.5) is 0 Å². The predicted octanol–water partition coefficient (Wildman–Crippen LogP) is 4.58. The van der Waals surface area contributed by atoms with Gasteiger partial charge in [0.05, 0.1) is 11.6 Å². The van der Waals surface area contributed by atoms with Gasteiger partial charge in [0.15, 0.2) is 0 Å². The third-order valence-corrected chi connectivity index (χ3v) is 5.13. The van der Waals surface area contributed by atoms with Gasteiger partial charge in [-0.25, -0.2) is 4.79 Å². The first kappa shape index (κ1) is 19.6. The molecule has 3 rings (SSSR count). The van der Waals surface area contributed by atoms with Crippen LogP contribution in [0.3, 0.4) is 0 Å². The number of carbonyl (C=O) groups excluding carboxylic acids is 1. The highest BCUT2D eigenvalue weighted by molar-refractivity contribution is 5.87. The van der Waals surface area contributed by atoms with Gasteiger partial charge in [-0.1, -0.05) is 60.7 Å². The molecule has 0 aromatic heterocycles. The number of aromatic carboxylic acids is 1. The van der Waals surface area contributed by atoms with Gasteiger partial charge in [-0.15, -0.1) is 0 Å². The van der Waals surface area contributed by atoms with Crippen LogP contribution in [0.1, 0.15) is 41.3 Å². The van der Waals surface area contributed by atoms with Crippen LogP contribution in [0.25, 0.3) is 5.57 Å². The van der Waals surface area contributed by atoms with Crippen LogP contribution in [0.2, 0.25) is 0 Å². The molecule has 1 N–H and O–H groups in total. The Kier molecular flexibility index (Phi) is 6.43. The van der Waals surface area contributed by atoms with Gasteiger partial charge in [-0.2, -0.15) is 0 Å². The van der Waals surface area contributed by atoms with Gasteiger partial charge in [0.2, 0.25) is 5.91 Å². The number of amides is 1. The number of allylic oxidation sites excluding steroid dienone is 3. The normalized spacial score (nSPS) is 17.5. The van der Waals surface area contributed by atoms with E-state index < -0.39 is 5.97 Å². The molecule has 1 fully saturated rings. The molecular formula is C24H25NO3. The van der Waals surface area contributed by atoms with E-state index in [1.165, 1.54) is 11.1 Å². The zero-order valence-electron chi connectivity index (χ0n) is 16.0. The average molecular weight is 375 g/mol. The minimum absolute atomic E-state index is 0.116. The second-order valence-electron chi connectivity index (χ2n) is 7.05. The maximum atomic E-state index is 12.3. The molecule has 28 heavy (non-hydrogen) atoms. The van der Waals surface area contributed by atoms with Gasteiger partial charge in [-0.3, -0.25) is 4.79 Å². The predicted molar refractivity (Wildman–Crippen MR) is 111 cm³/mol. The van der Waals surface area contributed by atoms with Crippen molar-refractivity contribution >= 4 is 17.4 Å². The molecule has 0 spiro atoms. The van der Waals surface area contributed by atoms with Crippen LogP contribution in [-0.4, -0.2) is 34.5 Å². The van der Waals surface area contributed by atoms with E-state index in [4.69, 9.17) is 5.11 Å². The number of carbonyl (C=O) groups is 2. The van der Waals surface area contributed by atoms with Gasteiger partial charge < -0.3 is 10.0 Å². The molecule has 2 aromatic carbocycles. The van der Waals surface area contributed by atoms with E-state index in [-0.39, 0.29) is 17.5 Å². The summed E-state index contributed by atoms with van der Waals surface area (Å²) in [7, 11) is 0. The molecule has 4 nitrogen and oxygen atoms in total. The quantitative estimate of drug-likeness (QED) is 0.721. The Morgan fingerprint density at radius 1 is 1.11 bits per heavy atom. The summed E-state index contributed by atoms with van der Waals surface area (Å²) >= 11 is 0. The Morgan fingerprint density at radius 3 is 2.50 bits per heavy atom. The number of carboxylic acids is 1. The maximum Gasteiger partial charge on any atom is 0.335 e. The monoisotopic (exact) mass is 375 g/mol. The maximum absolute atomic E-state index is 12.3. The lowest BCUT2D eigenvalue weighted by atomic mass is 10.1. The fraction of sp³-hybridized carbons (Fsp3) is 0.250. The highest BCUT2D eigenvalue weighted by Crippen LogP contribution is 2.21. The molecule has 2 aromatic rings. The standard InChI is InChI=1S/C24H25NO3/c1-18(20-7-3-2-4-8-20)6-5-9-22-14-15-23(26)25(22)17-16-19-10-12-21(13-11-19)24(27)28/h2-13,22H,14-17H2,1H3,(H,27,28)/b9-5-,18-6+/t22-/m0/s1. The van der Waals surface area contributed by atoms with Gasteiger partial charge in [0.25, 0.3) is 0 Å². The summed E-state index contributed by atoms with van der Waals surface area (Å²) in [6, 6.07) is 17.2. The molecule has 1 aliphatic heterocycles. The molecule has 0 saturated carbocycles. The summed E-state index contributed by atoms with van der Waals surface area (Å²) in [4.78, 5) is 25.1. The summed E-state index contributed by atoms with van der Waals surface area (Å²) < 4.78 is 0. The second-order valence-corrected chi connectivity index (χ2v) is 7.05. The Labute approximate surface area is 165 Å². The van der Waals surface area contributed by atoms with Gasteiger partial charge in [0.1, 0.15) is 0 Å². The molecule has 4 heteroatoms. The van der Waals surface area contributed by atoms with Crippen LogP contribution in [0.15, 0.2) is 72.8 Å². The molecule has 0 bridgehead atoms. The van der Waals surface area contributed by atoms with E-state index in [9.17, 15) is 9.59 Å². The Morgan fingerprint density at radius 2 is 1.82 bits per heavy atom. The van der Waals surface area contributed by atoms with E-state index >= 15 is 0 Å². The molecule has 1 saturated heterocycles. The lowest BCUT2D eigenvalue weighted by Gasteiger charge is -2.22. The molecule has 0 radical (unpaired) electrons. The minimum atomic E-state index is -0.926. The first-order chi connectivity index (χ1) is 13.5. The SMILES string of the molecule is C/C(=C\C=C/[C@H]1CCC(=O)N1CCc1ccc(C(=O)O)cc1)c1ccccc1. The molecule has 1 atom stereocenters. The summed E-state index contributed by atoms with van der Waals surface area (Å²) in [6.45, 7) is 2.72. The smallest absolute Gasteiger partial charge is 0.335 e. The Bertz CT molecular complexity index is 882. The molecule has 0 unspecified atom stereocenters. The minimum Gasteiger partial charge on any atom is -0.478 e. The number of rotatable bonds is 7. The van der Waals surface area contributed by atoms with E-state index in [1.54, 1.807) is 12.1 Å². The molecule has 144 valence electrons. The van der Waals surface area contributed by atoms with Crippen molar-refractivity contribution in [2.45, 2.75) is 32.2 Å². The largest absolute Gasteiger partial charge is 0.478 e. The van der Waals surface area contributed by atoms with Crippen LogP contribution < -0.4 is 0 Å². The number of benzene rings is 2. The van der Waals surface area contributed by atoms with Crippen molar-refractivity contribution in [3.05, 3.63) is 89.5 Å². The molecule has 1 amide bonds. The highest BCUT2D eigenvalue weighted by atomic mass is 16.4. The van der Waals surface area contributed by atoms with Gasteiger partial charge >= 0.3 is 5.97 Å². The first-order valence-electron chi connectivity index (χ1n) is 9.57. The van der Waals surface area contributed by atoms with Crippen molar-refractivity contribution in [2.24, 2.45) is 0 Å². The number of likely N-dealkylation sites (tertiary alicyclic amines) is 1. The summed E-state index contributed by atoms with van der Waals surface area (Å²) in [5.41, 5.74) is 3.69. The topological polar surface area (TPSA) is 57.6 Å². The first-order valence-corrected chi connectivity index (χ1v) is 9.57. The zero-order chi connectivity index (χ0) is 19.9. The van der Waals surface area contributed by atoms with Crippen molar-refractivity contribution in [2.75, 3.05) is 6.54 Å². The third kappa shape index (κ3) is 4.97. The van der Waals surface area contributed by atoms with E-state index in [2.05, 4.69) is 31.2 Å². The van der Waals surface area contributed by atoms with Crippen LogP contribution in [0, 0.1) is 0 Å². The number of hydrogen-bond acceptors (Lipinski definition) is 2. The zero-order valence-corrected chi connectivity index (χ0v) is 16.0. The van der Waals surface area contributed by atoms with Crippen molar-refractivity contribution in [1.29, 1.82) is 0 Å². The van der Waals surface area contributed by atoms with E-state index in [1.807, 2.05) is 41.3 Å². The van der Waals surface area contributed by atoms with Crippen molar-refractivity contribution in [3.63, 3.8) is 0 Å². The van der Waals surface area contributed by atoms with Gasteiger partial charge in [0, 0.05) is 13.0 Å². The molecule has 1 aliphatic rings. The van der Waals surface area contributed by atoms with Gasteiger partial charge in [-0.05, 0) is 48.6 Å². The number of nitrogens with zero attached hydrogens (tertiary/aromatic N) is 1. The van der Waals surface area contributed by atoms with E-state index in [0.29, 0.717) is 13.0 Å². The lowest BCUT2D eigenvalue weighted by Crippen LogP contribution is -2.33. The molecule has 0 aliphatic carbocycles. The Balaban J connectivity index is 1.60. The second kappa shape index (κ2) is 9.18.